The highest BCUT2D eigenvalue weighted by molar-refractivity contribution is 7.10. The summed E-state index contributed by atoms with van der Waals surface area (Å²) in [4.78, 5) is 16.3. The van der Waals surface area contributed by atoms with Gasteiger partial charge in [-0.15, -0.1) is 0 Å². The number of benzene rings is 2. The molecule has 22 heavy (non-hydrogen) atoms. The second-order valence-electron chi connectivity index (χ2n) is 4.64. The highest BCUT2D eigenvalue weighted by Gasteiger charge is 2.10. The average Bonchev–Trinajstić information content (AvgIpc) is 2.99. The van der Waals surface area contributed by atoms with Crippen LogP contribution in [0.5, 0.6) is 0 Å². The topological polar surface area (TPSA) is 54.9 Å². The van der Waals surface area contributed by atoms with Gasteiger partial charge in [-0.05, 0) is 17.7 Å². The molecule has 0 radical (unpaired) electrons. The number of carbonyl (C=O) groups is 1. The summed E-state index contributed by atoms with van der Waals surface area (Å²) in [5.41, 5.74) is 1.83. The molecule has 6 heteroatoms. The Hall–Kier alpha value is -2.24. The van der Waals surface area contributed by atoms with Gasteiger partial charge in [-0.3, -0.25) is 4.79 Å². The number of carbonyl (C=O) groups excluding carboxylic acids is 1. The molecule has 0 aliphatic rings. The third-order valence-corrected chi connectivity index (χ3v) is 3.86. The molecular formula is C16H12ClN3OS. The van der Waals surface area contributed by atoms with Crippen LogP contribution in [0, 0.1) is 0 Å². The van der Waals surface area contributed by atoms with Gasteiger partial charge in [0.05, 0.1) is 6.42 Å². The Bertz CT molecular complexity index is 772. The van der Waals surface area contributed by atoms with Crippen molar-refractivity contribution in [3.8, 4) is 11.4 Å². The third-order valence-electron chi connectivity index (χ3n) is 2.98. The summed E-state index contributed by atoms with van der Waals surface area (Å²) in [6.45, 7) is 0. The molecule has 2 aromatic carbocycles. The summed E-state index contributed by atoms with van der Waals surface area (Å²) in [5, 5.41) is 3.92. The van der Waals surface area contributed by atoms with Crippen molar-refractivity contribution in [2.75, 3.05) is 5.32 Å². The van der Waals surface area contributed by atoms with Crippen molar-refractivity contribution in [3.63, 3.8) is 0 Å². The first-order chi connectivity index (χ1) is 10.7. The Labute approximate surface area is 137 Å². The van der Waals surface area contributed by atoms with E-state index >= 15 is 0 Å². The molecule has 0 fully saturated rings. The smallest absolute Gasteiger partial charge is 0.230 e. The molecule has 3 rings (SSSR count). The molecule has 0 atom stereocenters. The highest BCUT2D eigenvalue weighted by atomic mass is 35.5. The van der Waals surface area contributed by atoms with E-state index in [4.69, 9.17) is 11.6 Å². The van der Waals surface area contributed by atoms with Gasteiger partial charge >= 0.3 is 0 Å². The number of anilines is 1. The fourth-order valence-corrected chi connectivity index (χ4v) is 2.66. The van der Waals surface area contributed by atoms with E-state index in [1.165, 1.54) is 11.5 Å². The Balaban J connectivity index is 1.65. The third kappa shape index (κ3) is 3.69. The van der Waals surface area contributed by atoms with E-state index in [0.717, 1.165) is 11.1 Å². The van der Waals surface area contributed by atoms with E-state index in [-0.39, 0.29) is 12.3 Å². The van der Waals surface area contributed by atoms with Crippen LogP contribution in [0.15, 0.2) is 54.6 Å². The van der Waals surface area contributed by atoms with Gasteiger partial charge in [0.1, 0.15) is 0 Å². The molecule has 1 N–H and O–H groups in total. The van der Waals surface area contributed by atoms with Crippen LogP contribution < -0.4 is 5.32 Å². The lowest BCUT2D eigenvalue weighted by Crippen LogP contribution is -2.14. The molecule has 0 spiro atoms. The van der Waals surface area contributed by atoms with Gasteiger partial charge in [-0.25, -0.2) is 0 Å². The van der Waals surface area contributed by atoms with Crippen LogP contribution in [-0.2, 0) is 11.2 Å². The number of rotatable bonds is 4. The molecule has 0 saturated carbocycles. The number of nitrogens with zero attached hydrogens (tertiary/aromatic N) is 2. The van der Waals surface area contributed by atoms with Crippen LogP contribution in [0.2, 0.25) is 5.02 Å². The molecule has 0 saturated heterocycles. The molecule has 0 unspecified atom stereocenters. The van der Waals surface area contributed by atoms with Gasteiger partial charge in [0.25, 0.3) is 0 Å². The Morgan fingerprint density at radius 3 is 2.55 bits per heavy atom. The standard InChI is InChI=1S/C16H12ClN3OS/c17-13-8-6-11(7-9-13)10-14(21)18-16-19-15(20-22-16)12-4-2-1-3-5-12/h1-9H,10H2,(H,18,19,20,21). The normalized spacial score (nSPS) is 10.4. The highest BCUT2D eigenvalue weighted by Crippen LogP contribution is 2.20. The molecule has 0 aliphatic heterocycles. The molecule has 110 valence electrons. The first-order valence-electron chi connectivity index (χ1n) is 6.64. The number of hydrogen-bond donors (Lipinski definition) is 1. The van der Waals surface area contributed by atoms with Gasteiger partial charge in [0.15, 0.2) is 5.82 Å². The predicted molar refractivity (Wildman–Crippen MR) is 89.1 cm³/mol. The van der Waals surface area contributed by atoms with E-state index in [1.807, 2.05) is 42.5 Å². The Morgan fingerprint density at radius 1 is 1.09 bits per heavy atom. The molecule has 1 heterocycles. The fourth-order valence-electron chi connectivity index (χ4n) is 1.93. The summed E-state index contributed by atoms with van der Waals surface area (Å²) in [7, 11) is 0. The van der Waals surface area contributed by atoms with E-state index in [1.54, 1.807) is 12.1 Å². The van der Waals surface area contributed by atoms with Crippen molar-refractivity contribution in [2.24, 2.45) is 0 Å². The minimum atomic E-state index is -0.127. The van der Waals surface area contributed by atoms with Crippen LogP contribution >= 0.6 is 23.1 Å². The minimum absolute atomic E-state index is 0.127. The zero-order valence-electron chi connectivity index (χ0n) is 11.5. The van der Waals surface area contributed by atoms with Gasteiger partial charge in [0, 0.05) is 22.1 Å². The lowest BCUT2D eigenvalue weighted by atomic mass is 10.1. The van der Waals surface area contributed by atoms with Gasteiger partial charge < -0.3 is 5.32 Å². The van der Waals surface area contributed by atoms with Crippen LogP contribution in [0.3, 0.4) is 0 Å². The number of hydrogen-bond acceptors (Lipinski definition) is 4. The first-order valence-corrected chi connectivity index (χ1v) is 7.79. The monoisotopic (exact) mass is 329 g/mol. The van der Waals surface area contributed by atoms with Crippen molar-refractivity contribution in [1.82, 2.24) is 9.36 Å². The summed E-state index contributed by atoms with van der Waals surface area (Å²) in [5.74, 6) is 0.491. The van der Waals surface area contributed by atoms with Crippen molar-refractivity contribution in [1.29, 1.82) is 0 Å². The molecule has 0 bridgehead atoms. The number of nitrogens with one attached hydrogen (secondary N) is 1. The Morgan fingerprint density at radius 2 is 1.82 bits per heavy atom. The molecule has 0 aliphatic carbocycles. The molecule has 1 aromatic heterocycles. The second kappa shape index (κ2) is 6.68. The van der Waals surface area contributed by atoms with E-state index in [9.17, 15) is 4.79 Å². The lowest BCUT2D eigenvalue weighted by molar-refractivity contribution is -0.115. The number of amides is 1. The van der Waals surface area contributed by atoms with E-state index in [0.29, 0.717) is 16.0 Å². The Kier molecular flexibility index (Phi) is 4.46. The van der Waals surface area contributed by atoms with Gasteiger partial charge in [0.2, 0.25) is 11.0 Å². The second-order valence-corrected chi connectivity index (χ2v) is 5.83. The summed E-state index contributed by atoms with van der Waals surface area (Å²) in [6, 6.07) is 16.8. The summed E-state index contributed by atoms with van der Waals surface area (Å²) in [6.07, 6.45) is 0.275. The SMILES string of the molecule is O=C(Cc1ccc(Cl)cc1)Nc1nc(-c2ccccc2)ns1. The maximum absolute atomic E-state index is 12.0. The zero-order chi connectivity index (χ0) is 15.4. The predicted octanol–water partition coefficient (Wildman–Crippen LogP) is 4.04. The maximum atomic E-state index is 12.0. The fraction of sp³-hybridized carbons (Fsp3) is 0.0625. The van der Waals surface area contributed by atoms with E-state index in [2.05, 4.69) is 14.7 Å². The molecule has 1 amide bonds. The van der Waals surface area contributed by atoms with Crippen molar-refractivity contribution >= 4 is 34.2 Å². The van der Waals surface area contributed by atoms with E-state index < -0.39 is 0 Å². The largest absolute Gasteiger partial charge is 0.300 e. The molecule has 3 aromatic rings. The van der Waals surface area contributed by atoms with Crippen LogP contribution in [0.4, 0.5) is 5.13 Å². The summed E-state index contributed by atoms with van der Waals surface area (Å²) < 4.78 is 4.26. The van der Waals surface area contributed by atoms with Crippen molar-refractivity contribution in [3.05, 3.63) is 65.2 Å². The quantitative estimate of drug-likeness (QED) is 0.786. The van der Waals surface area contributed by atoms with Gasteiger partial charge in [-0.2, -0.15) is 9.36 Å². The van der Waals surface area contributed by atoms with Crippen LogP contribution in [0.1, 0.15) is 5.56 Å². The van der Waals surface area contributed by atoms with Crippen molar-refractivity contribution in [2.45, 2.75) is 6.42 Å². The van der Waals surface area contributed by atoms with Crippen LogP contribution in [0.25, 0.3) is 11.4 Å². The first kappa shape index (κ1) is 14.7. The van der Waals surface area contributed by atoms with Gasteiger partial charge in [-0.1, -0.05) is 54.1 Å². The zero-order valence-corrected chi connectivity index (χ0v) is 13.1. The maximum Gasteiger partial charge on any atom is 0.230 e. The molecular weight excluding hydrogens is 318 g/mol. The average molecular weight is 330 g/mol. The van der Waals surface area contributed by atoms with Crippen LogP contribution in [-0.4, -0.2) is 15.3 Å². The molecule has 4 nitrogen and oxygen atoms in total. The lowest BCUT2D eigenvalue weighted by Gasteiger charge is -2.01. The number of halogens is 1. The summed E-state index contributed by atoms with van der Waals surface area (Å²) >= 11 is 6.99. The number of aromatic nitrogens is 2. The van der Waals surface area contributed by atoms with Crippen molar-refractivity contribution < 1.29 is 4.79 Å². The minimum Gasteiger partial charge on any atom is -0.300 e.